The van der Waals surface area contributed by atoms with Gasteiger partial charge in [-0.1, -0.05) is 35.4 Å². The van der Waals surface area contributed by atoms with Gasteiger partial charge in [0, 0.05) is 11.4 Å². The maximum Gasteiger partial charge on any atom is 0.522 e. The van der Waals surface area contributed by atoms with Crippen LogP contribution in [0.4, 0.5) is 43.4 Å². The van der Waals surface area contributed by atoms with E-state index in [2.05, 4.69) is 152 Å². The Morgan fingerprint density at radius 1 is 0.630 bits per heavy atom. The fourth-order valence-corrected chi connectivity index (χ4v) is 6.84. The fraction of sp³-hybridized carbons (Fsp3) is 0.389. The zero-order valence-electron chi connectivity index (χ0n) is 31.7. The van der Waals surface area contributed by atoms with Crippen molar-refractivity contribution in [3.63, 3.8) is 0 Å². The topological polar surface area (TPSA) is 128 Å². The Morgan fingerprint density at radius 2 is 0.926 bits per heavy atom. The first-order chi connectivity index (χ1) is 24.3. The van der Waals surface area contributed by atoms with Crippen LogP contribution in [-0.4, -0.2) is 41.4 Å². The molecule has 4 rings (SSSR count). The number of nitrogens with zero attached hydrogens (tertiary/aromatic N) is 3. The first-order valence-corrected chi connectivity index (χ1v) is 20.8. The molecule has 0 amide bonds. The van der Waals surface area contributed by atoms with Crippen molar-refractivity contribution in [1.29, 1.82) is 0 Å². The molecule has 54 heavy (non-hydrogen) atoms. The molecule has 1 aliphatic heterocycles. The molecular formula is C36H46F6MoN3O6S2-. The zero-order valence-corrected chi connectivity index (χ0v) is 35.4. The maximum atomic E-state index is 10.7. The van der Waals surface area contributed by atoms with Crippen LogP contribution in [0.3, 0.4) is 0 Å². The Balaban J connectivity index is 0.000000404. The van der Waals surface area contributed by atoms with E-state index in [1.54, 1.807) is 0 Å². The summed E-state index contributed by atoms with van der Waals surface area (Å²) in [6.07, 6.45) is 4.28. The molecule has 0 spiro atoms. The Kier molecular flexibility index (Phi) is 17.2. The molecule has 18 heteroatoms. The Morgan fingerprint density at radius 3 is 1.19 bits per heavy atom. The minimum Gasteiger partial charge on any atom is -0.279 e. The van der Waals surface area contributed by atoms with Gasteiger partial charge >= 0.3 is 132 Å². The van der Waals surface area contributed by atoms with Crippen molar-refractivity contribution in [2.24, 2.45) is 8.91 Å². The average Bonchev–Trinajstić information content (AvgIpc) is 3.41. The fourth-order valence-electron chi connectivity index (χ4n) is 4.97. The van der Waals surface area contributed by atoms with Crippen LogP contribution in [0.2, 0.25) is 0 Å². The van der Waals surface area contributed by atoms with Crippen molar-refractivity contribution >= 4 is 41.7 Å². The second kappa shape index (κ2) is 19.1. The molecule has 0 saturated carbocycles. The van der Waals surface area contributed by atoms with Crippen LogP contribution in [0.5, 0.6) is 0 Å². The van der Waals surface area contributed by atoms with Gasteiger partial charge in [-0.2, -0.15) is 43.2 Å². The van der Waals surface area contributed by atoms with Crippen LogP contribution in [0, 0.1) is 67.5 Å². The predicted octanol–water partition coefficient (Wildman–Crippen LogP) is 10.3. The van der Waals surface area contributed by atoms with Gasteiger partial charge in [0.15, 0.2) is 0 Å². The summed E-state index contributed by atoms with van der Waals surface area (Å²) in [6.45, 7) is 26.2. The van der Waals surface area contributed by atoms with E-state index >= 15 is 0 Å². The molecule has 0 aromatic heterocycles. The van der Waals surface area contributed by atoms with Crippen LogP contribution >= 0.6 is 0 Å². The van der Waals surface area contributed by atoms with Crippen molar-refractivity contribution in [3.8, 4) is 0 Å². The second-order valence-electron chi connectivity index (χ2n) is 13.5. The maximum absolute atomic E-state index is 10.7. The number of benzene rings is 3. The van der Waals surface area contributed by atoms with Gasteiger partial charge in [0.05, 0.1) is 0 Å². The van der Waals surface area contributed by atoms with Crippen LogP contribution in [0.15, 0.2) is 58.4 Å². The van der Waals surface area contributed by atoms with Crippen LogP contribution in [-0.2, 0) is 38.2 Å². The second-order valence-corrected chi connectivity index (χ2v) is 17.9. The van der Waals surface area contributed by atoms with Crippen LogP contribution in [0.1, 0.15) is 65.3 Å². The summed E-state index contributed by atoms with van der Waals surface area (Å²) in [5, 5.41) is 0. The minimum absolute atomic E-state index is 0.308. The Hall–Kier alpha value is -3.24. The standard InChI is InChI=1S/C21H25N2.C8H9N.C5H10.2CHF3O3S.Mo/c1-14-9-16(3)20(17(4)10-14)22-7-8-23(13-22)21-18(5)11-15(2)12-19(21)6;1-6-4-3-5-7(2)8(6)9;1-5(2,3)4;2*2-1(3,4)8(5,6)7;/h7-13H,1-6H3;3-5H,1-2H3;1H,2-4H3;2*(H,5,6,7);/q-1;;;;;. The van der Waals surface area contributed by atoms with Crippen molar-refractivity contribution in [3.05, 3.63) is 106 Å². The number of rotatable bonds is 3. The number of hydrogen-bond acceptors (Lipinski definition) is 7. The average molecular weight is 891 g/mol. The number of halogens is 6. The molecule has 2 N–H and O–H groups in total. The molecular weight excluding hydrogens is 844 g/mol. The van der Waals surface area contributed by atoms with Crippen LogP contribution < -0.4 is 9.80 Å². The van der Waals surface area contributed by atoms with Gasteiger partial charge in [-0.15, -0.1) is 6.67 Å². The summed E-state index contributed by atoms with van der Waals surface area (Å²) < 4.78 is 122. The summed E-state index contributed by atoms with van der Waals surface area (Å²) in [6, 6.07) is 15.3. The van der Waals surface area contributed by atoms with Gasteiger partial charge < -0.3 is 9.80 Å². The number of aryl methyl sites for hydroxylation is 8. The molecule has 0 saturated heterocycles. The first-order valence-electron chi connectivity index (χ1n) is 15.9. The van der Waals surface area contributed by atoms with E-state index in [4.69, 9.17) is 29.4 Å². The zero-order chi connectivity index (χ0) is 42.2. The molecule has 1 heterocycles. The summed E-state index contributed by atoms with van der Waals surface area (Å²) in [5.41, 5.74) is 3.44. The van der Waals surface area contributed by atoms with Crippen molar-refractivity contribution in [2.75, 3.05) is 9.80 Å². The van der Waals surface area contributed by atoms with E-state index in [1.165, 1.54) is 61.6 Å². The van der Waals surface area contributed by atoms with E-state index < -0.39 is 31.3 Å². The van der Waals surface area contributed by atoms with Crippen molar-refractivity contribution < 1.29 is 70.2 Å². The van der Waals surface area contributed by atoms with Gasteiger partial charge in [-0.05, 0) is 76.2 Å². The summed E-state index contributed by atoms with van der Waals surface area (Å²) in [4.78, 5) is 4.45. The van der Waals surface area contributed by atoms with Crippen LogP contribution in [0.25, 0.3) is 0 Å². The number of anilines is 2. The van der Waals surface area contributed by atoms with Gasteiger partial charge in [0.2, 0.25) is 0 Å². The molecule has 0 bridgehead atoms. The SMILES string of the molecule is Cc1cc(C)c(N2C=CN(c3c(C)cc(C)cc3C)[CH-]2)c(C)c1.Cc1cccc(C)c1[N]=[Mo]=[CH]C(C)(C)C.O=S(=O)(O)C(F)(F)F.O=S(=O)(O)C(F)(F)F. The molecule has 302 valence electrons. The summed E-state index contributed by atoms with van der Waals surface area (Å²) in [7, 11) is -11.7. The molecule has 3 aromatic rings. The van der Waals surface area contributed by atoms with Gasteiger partial charge in [0.25, 0.3) is 0 Å². The number of alkyl halides is 6. The molecule has 0 aliphatic carbocycles. The summed E-state index contributed by atoms with van der Waals surface area (Å²) >= 11 is -0.355. The van der Waals surface area contributed by atoms with Gasteiger partial charge in [-0.3, -0.25) is 9.11 Å². The molecule has 1 aliphatic rings. The van der Waals surface area contributed by atoms with Gasteiger partial charge in [0.1, 0.15) is 0 Å². The third-order valence-corrected chi connectivity index (χ3v) is 10.9. The number of hydrogen-bond donors (Lipinski definition) is 2. The monoisotopic (exact) mass is 892 g/mol. The Bertz CT molecular complexity index is 1930. The molecule has 0 unspecified atom stereocenters. The third-order valence-electron chi connectivity index (χ3n) is 7.00. The molecule has 0 fully saturated rings. The van der Waals surface area contributed by atoms with E-state index in [9.17, 15) is 26.3 Å². The molecule has 3 aromatic carbocycles. The van der Waals surface area contributed by atoms with E-state index in [1.807, 2.05) is 0 Å². The molecule has 0 radical (unpaired) electrons. The van der Waals surface area contributed by atoms with E-state index in [0.29, 0.717) is 5.41 Å². The summed E-state index contributed by atoms with van der Waals surface area (Å²) in [5.74, 6) is 0. The van der Waals surface area contributed by atoms with E-state index in [0.717, 1.165) is 0 Å². The smallest absolute Gasteiger partial charge is 0.279 e. The van der Waals surface area contributed by atoms with E-state index in [-0.39, 0.29) is 17.9 Å². The van der Waals surface area contributed by atoms with Gasteiger partial charge in [-0.25, -0.2) is 0 Å². The largest absolute Gasteiger partial charge is 0.522 e. The van der Waals surface area contributed by atoms with Crippen molar-refractivity contribution in [2.45, 2.75) is 87.2 Å². The quantitative estimate of drug-likeness (QED) is 0.0875. The Labute approximate surface area is 322 Å². The third kappa shape index (κ3) is 15.5. The predicted molar refractivity (Wildman–Crippen MR) is 198 cm³/mol. The minimum atomic E-state index is -5.84. The first kappa shape index (κ1) is 48.8. The molecule has 9 nitrogen and oxygen atoms in total. The van der Waals surface area contributed by atoms with Crippen molar-refractivity contribution in [1.82, 2.24) is 0 Å². The molecule has 0 atom stereocenters. The normalized spacial score (nSPS) is 13.2.